The van der Waals surface area contributed by atoms with Crippen LogP contribution in [0.2, 0.25) is 0 Å². The van der Waals surface area contributed by atoms with Crippen molar-refractivity contribution < 1.29 is 9.90 Å². The number of carbonyl (C=O) groups is 1. The maximum atomic E-state index is 11.0. The number of hydrogen-bond donors (Lipinski definition) is 2. The number of aromatic amines is 1. The molecule has 0 spiro atoms. The summed E-state index contributed by atoms with van der Waals surface area (Å²) in [5.41, 5.74) is 4.25. The van der Waals surface area contributed by atoms with Gasteiger partial charge in [-0.05, 0) is 65.8 Å². The van der Waals surface area contributed by atoms with E-state index >= 15 is 0 Å². The van der Waals surface area contributed by atoms with Crippen LogP contribution in [-0.2, 0) is 17.8 Å². The fourth-order valence-electron chi connectivity index (χ4n) is 5.48. The summed E-state index contributed by atoms with van der Waals surface area (Å²) >= 11 is 0. The molecule has 38 heavy (non-hydrogen) atoms. The zero-order chi connectivity index (χ0) is 26.5. The molecule has 5 rings (SSSR count). The number of hydrogen-bond acceptors (Lipinski definition) is 6. The standard InChI is InChI=1S/C29H35N7O2/c1-19(2)17-26-30-29(23-14-7-20(8-15-23)11-16-27(37)38)36(33-26)18-21-9-12-22(13-10-21)24-5-3-4-6-25(24)28-31-34-35-32-28/h3-6,9-10,12-13,19-20,23H,7-8,11,14-18H2,1-2H3,(H,37,38)(H,31,32,34,35). The van der Waals surface area contributed by atoms with Crippen molar-refractivity contribution in [1.82, 2.24) is 35.4 Å². The molecule has 2 aromatic carbocycles. The molecule has 2 heterocycles. The minimum Gasteiger partial charge on any atom is -0.481 e. The predicted molar refractivity (Wildman–Crippen MR) is 144 cm³/mol. The van der Waals surface area contributed by atoms with E-state index in [0.717, 1.165) is 66.9 Å². The van der Waals surface area contributed by atoms with Crippen LogP contribution in [0.3, 0.4) is 0 Å². The Morgan fingerprint density at radius 1 is 1.05 bits per heavy atom. The number of tetrazole rings is 1. The summed E-state index contributed by atoms with van der Waals surface area (Å²) in [5.74, 6) is 3.21. The first-order chi connectivity index (χ1) is 18.5. The predicted octanol–water partition coefficient (Wildman–Crippen LogP) is 5.51. The number of benzene rings is 2. The Morgan fingerprint density at radius 2 is 1.79 bits per heavy atom. The highest BCUT2D eigenvalue weighted by molar-refractivity contribution is 5.80. The summed E-state index contributed by atoms with van der Waals surface area (Å²) in [6.45, 7) is 5.06. The van der Waals surface area contributed by atoms with E-state index in [-0.39, 0.29) is 6.42 Å². The molecule has 0 aliphatic heterocycles. The number of carboxylic acids is 1. The number of nitrogens with one attached hydrogen (secondary N) is 1. The Kier molecular flexibility index (Phi) is 7.91. The Morgan fingerprint density at radius 3 is 2.45 bits per heavy atom. The highest BCUT2D eigenvalue weighted by atomic mass is 16.4. The number of nitrogens with zero attached hydrogens (tertiary/aromatic N) is 6. The van der Waals surface area contributed by atoms with Crippen molar-refractivity contribution in [1.29, 1.82) is 0 Å². The summed E-state index contributed by atoms with van der Waals surface area (Å²) in [4.78, 5) is 16.0. The SMILES string of the molecule is CC(C)Cc1nc(C2CCC(CCC(=O)O)CC2)n(Cc2ccc(-c3ccccc3-c3nn[nH]n3)cc2)n1. The third-order valence-corrected chi connectivity index (χ3v) is 7.42. The van der Waals surface area contributed by atoms with Crippen LogP contribution >= 0.6 is 0 Å². The van der Waals surface area contributed by atoms with Gasteiger partial charge in [0.05, 0.1) is 6.54 Å². The lowest BCUT2D eigenvalue weighted by Gasteiger charge is -2.27. The monoisotopic (exact) mass is 513 g/mol. The van der Waals surface area contributed by atoms with Crippen LogP contribution in [0.5, 0.6) is 0 Å². The van der Waals surface area contributed by atoms with Gasteiger partial charge in [0, 0.05) is 24.3 Å². The lowest BCUT2D eigenvalue weighted by Crippen LogP contribution is -2.18. The minimum absolute atomic E-state index is 0.264. The number of H-pyrrole nitrogens is 1. The molecular formula is C29H35N7O2. The third kappa shape index (κ3) is 6.15. The summed E-state index contributed by atoms with van der Waals surface area (Å²) in [6.07, 6.45) is 6.08. The first-order valence-electron chi connectivity index (χ1n) is 13.5. The fraction of sp³-hybridized carbons (Fsp3) is 0.448. The maximum absolute atomic E-state index is 11.0. The molecule has 0 atom stereocenters. The Labute approximate surface area is 222 Å². The van der Waals surface area contributed by atoms with Crippen molar-refractivity contribution in [2.45, 2.75) is 71.3 Å². The zero-order valence-electron chi connectivity index (χ0n) is 22.0. The summed E-state index contributed by atoms with van der Waals surface area (Å²) < 4.78 is 2.10. The van der Waals surface area contributed by atoms with E-state index in [9.17, 15) is 4.79 Å². The fourth-order valence-corrected chi connectivity index (χ4v) is 5.48. The molecule has 9 heteroatoms. The van der Waals surface area contributed by atoms with Crippen LogP contribution < -0.4 is 0 Å². The van der Waals surface area contributed by atoms with Gasteiger partial charge in [-0.3, -0.25) is 4.79 Å². The Bertz CT molecular complexity index is 1340. The van der Waals surface area contributed by atoms with Gasteiger partial charge in [0.15, 0.2) is 5.82 Å². The normalized spacial score (nSPS) is 17.7. The van der Waals surface area contributed by atoms with Gasteiger partial charge in [-0.1, -0.05) is 62.4 Å². The summed E-state index contributed by atoms with van der Waals surface area (Å²) in [7, 11) is 0. The summed E-state index contributed by atoms with van der Waals surface area (Å²) in [5, 5.41) is 28.5. The zero-order valence-corrected chi connectivity index (χ0v) is 22.0. The van der Waals surface area contributed by atoms with Crippen molar-refractivity contribution in [3.8, 4) is 22.5 Å². The van der Waals surface area contributed by atoms with Gasteiger partial charge in [-0.15, -0.1) is 10.2 Å². The lowest BCUT2D eigenvalue weighted by molar-refractivity contribution is -0.137. The molecule has 9 nitrogen and oxygen atoms in total. The number of aliphatic carboxylic acids is 1. The largest absolute Gasteiger partial charge is 0.481 e. The van der Waals surface area contributed by atoms with Crippen LogP contribution in [-0.4, -0.2) is 46.5 Å². The van der Waals surface area contributed by atoms with Crippen LogP contribution in [0.15, 0.2) is 48.5 Å². The van der Waals surface area contributed by atoms with Gasteiger partial charge in [0.1, 0.15) is 5.82 Å². The molecule has 2 aromatic heterocycles. The van der Waals surface area contributed by atoms with Gasteiger partial charge in [0.2, 0.25) is 5.82 Å². The Balaban J connectivity index is 1.33. The molecule has 1 aliphatic carbocycles. The molecule has 0 radical (unpaired) electrons. The van der Waals surface area contributed by atoms with Crippen LogP contribution in [0, 0.1) is 11.8 Å². The topological polar surface area (TPSA) is 122 Å². The Hall–Kier alpha value is -3.88. The lowest BCUT2D eigenvalue weighted by atomic mass is 9.79. The van der Waals surface area contributed by atoms with Gasteiger partial charge in [-0.2, -0.15) is 10.3 Å². The van der Waals surface area contributed by atoms with E-state index < -0.39 is 5.97 Å². The molecule has 1 aliphatic rings. The molecule has 0 saturated heterocycles. The van der Waals surface area contributed by atoms with E-state index in [4.69, 9.17) is 15.2 Å². The smallest absolute Gasteiger partial charge is 0.303 e. The number of aromatic nitrogens is 7. The molecule has 0 bridgehead atoms. The molecule has 0 unspecified atom stereocenters. The van der Waals surface area contributed by atoms with Crippen LogP contribution in [0.1, 0.15) is 75.5 Å². The van der Waals surface area contributed by atoms with Gasteiger partial charge >= 0.3 is 5.97 Å². The molecule has 0 amide bonds. The highest BCUT2D eigenvalue weighted by Crippen LogP contribution is 2.37. The molecular weight excluding hydrogens is 478 g/mol. The first kappa shape index (κ1) is 25.8. The van der Waals surface area contributed by atoms with Gasteiger partial charge in [-0.25, -0.2) is 9.67 Å². The van der Waals surface area contributed by atoms with E-state index in [1.54, 1.807) is 0 Å². The van der Waals surface area contributed by atoms with Crippen molar-refractivity contribution in [3.63, 3.8) is 0 Å². The van der Waals surface area contributed by atoms with Crippen molar-refractivity contribution in [2.24, 2.45) is 11.8 Å². The van der Waals surface area contributed by atoms with Crippen LogP contribution in [0.4, 0.5) is 0 Å². The maximum Gasteiger partial charge on any atom is 0.303 e. The van der Waals surface area contributed by atoms with Crippen molar-refractivity contribution >= 4 is 5.97 Å². The van der Waals surface area contributed by atoms with Crippen molar-refractivity contribution in [2.75, 3.05) is 0 Å². The molecule has 1 fully saturated rings. The van der Waals surface area contributed by atoms with E-state index in [2.05, 4.69) is 69.5 Å². The minimum atomic E-state index is -0.700. The van der Waals surface area contributed by atoms with E-state index in [1.807, 2.05) is 18.2 Å². The molecule has 1 saturated carbocycles. The third-order valence-electron chi connectivity index (χ3n) is 7.42. The second-order valence-electron chi connectivity index (χ2n) is 10.8. The summed E-state index contributed by atoms with van der Waals surface area (Å²) in [6, 6.07) is 16.6. The second kappa shape index (κ2) is 11.7. The number of rotatable bonds is 10. The van der Waals surface area contributed by atoms with E-state index in [1.165, 1.54) is 5.56 Å². The second-order valence-corrected chi connectivity index (χ2v) is 10.8. The number of carboxylic acid groups (broad SMARTS) is 1. The average molecular weight is 514 g/mol. The van der Waals surface area contributed by atoms with E-state index in [0.29, 0.717) is 30.1 Å². The molecule has 4 aromatic rings. The van der Waals surface area contributed by atoms with Crippen LogP contribution in [0.25, 0.3) is 22.5 Å². The first-order valence-corrected chi connectivity index (χ1v) is 13.5. The molecule has 2 N–H and O–H groups in total. The van der Waals surface area contributed by atoms with Gasteiger partial charge < -0.3 is 5.11 Å². The van der Waals surface area contributed by atoms with Crippen molar-refractivity contribution in [3.05, 3.63) is 65.7 Å². The average Bonchev–Trinajstić information content (AvgIpc) is 3.58. The quantitative estimate of drug-likeness (QED) is 0.287. The highest BCUT2D eigenvalue weighted by Gasteiger charge is 2.27. The molecule has 198 valence electrons. The van der Waals surface area contributed by atoms with Gasteiger partial charge in [0.25, 0.3) is 0 Å².